The van der Waals surface area contributed by atoms with Crippen molar-refractivity contribution in [2.24, 2.45) is 16.2 Å². The second kappa shape index (κ2) is 12.4. The van der Waals surface area contributed by atoms with Gasteiger partial charge in [-0.2, -0.15) is 5.41 Å². The van der Waals surface area contributed by atoms with Crippen LogP contribution in [0.1, 0.15) is 32.0 Å². The van der Waals surface area contributed by atoms with E-state index in [9.17, 15) is 4.79 Å². The number of nitrogens with two attached hydrogens (primary N) is 1. The van der Waals surface area contributed by atoms with Crippen LogP contribution in [-0.4, -0.2) is 53.2 Å². The summed E-state index contributed by atoms with van der Waals surface area (Å²) >= 11 is 0. The first-order chi connectivity index (χ1) is 15.8. The molecule has 0 unspecified atom stereocenters. The van der Waals surface area contributed by atoms with Gasteiger partial charge >= 0.3 is 5.84 Å². The molecule has 1 amide bonds. The van der Waals surface area contributed by atoms with Gasteiger partial charge in [-0.25, -0.2) is 10.8 Å². The molecular weight excluding hydrogens is 426 g/mol. The fourth-order valence-corrected chi connectivity index (χ4v) is 2.79. The first-order valence-electron chi connectivity index (χ1n) is 10.4. The van der Waals surface area contributed by atoms with Crippen molar-refractivity contribution in [2.75, 3.05) is 25.6 Å². The normalized spacial score (nSPS) is 12.4. The lowest BCUT2D eigenvalue weighted by Crippen LogP contribution is -2.45. The minimum absolute atomic E-state index is 0.00495. The number of carbonyl (C=O) groups excluding carboxylic acids is 1. The van der Waals surface area contributed by atoms with Crippen LogP contribution < -0.4 is 11.2 Å². The van der Waals surface area contributed by atoms with Crippen molar-refractivity contribution < 1.29 is 23.8 Å². The van der Waals surface area contributed by atoms with E-state index in [1.54, 1.807) is 51.1 Å². The lowest BCUT2D eigenvalue weighted by Gasteiger charge is -2.27. The van der Waals surface area contributed by atoms with E-state index in [1.807, 2.05) is 18.2 Å². The van der Waals surface area contributed by atoms with Gasteiger partial charge in [0.05, 0.1) is 12.7 Å². The van der Waals surface area contributed by atoms with Crippen molar-refractivity contribution in [3.63, 3.8) is 0 Å². The number of likely N-dealkylation sites (N-methyl/N-ethyl adjacent to an activating group) is 1. The van der Waals surface area contributed by atoms with E-state index in [0.29, 0.717) is 30.3 Å². The lowest BCUT2D eigenvalue weighted by molar-refractivity contribution is -0.449. The molecule has 0 aliphatic rings. The van der Waals surface area contributed by atoms with Crippen LogP contribution in [0.15, 0.2) is 58.9 Å². The van der Waals surface area contributed by atoms with Crippen LogP contribution in [0.4, 0.5) is 5.82 Å². The monoisotopic (exact) mass is 456 g/mol. The number of pyridine rings is 1. The van der Waals surface area contributed by atoms with E-state index in [0.717, 1.165) is 0 Å². The number of benzene rings is 1. The molecule has 2 aromatic rings. The molecule has 33 heavy (non-hydrogen) atoms. The summed E-state index contributed by atoms with van der Waals surface area (Å²) in [7, 11) is 1.53. The summed E-state index contributed by atoms with van der Waals surface area (Å²) < 4.78 is 12.1. The molecule has 0 aliphatic heterocycles. The third kappa shape index (κ3) is 7.16. The van der Waals surface area contributed by atoms with Gasteiger partial charge in [0.1, 0.15) is 5.82 Å². The molecule has 11 heteroatoms. The molecule has 1 heterocycles. The molecule has 1 aromatic heterocycles. The van der Waals surface area contributed by atoms with Crippen LogP contribution in [0.5, 0.6) is 0 Å². The first-order valence-corrected chi connectivity index (χ1v) is 10.4. The molecule has 0 atom stereocenters. The SMILES string of the molecule is CCOC(C)(OCC)C(=O)Nc1cccc(CO/N=C(\C(=N)[N+](C)=NN)c2ccccc2)n1. The minimum atomic E-state index is -1.42. The Morgan fingerprint density at radius 2 is 1.82 bits per heavy atom. The second-order valence-electron chi connectivity index (χ2n) is 6.85. The first kappa shape index (κ1) is 25.6. The Labute approximate surface area is 192 Å². The summed E-state index contributed by atoms with van der Waals surface area (Å²) in [6, 6.07) is 14.2. The minimum Gasteiger partial charge on any atom is -0.389 e. The van der Waals surface area contributed by atoms with E-state index in [-0.39, 0.29) is 18.2 Å². The Hall–Kier alpha value is -3.70. The van der Waals surface area contributed by atoms with Crippen molar-refractivity contribution in [3.05, 3.63) is 59.8 Å². The molecule has 2 rings (SSSR count). The summed E-state index contributed by atoms with van der Waals surface area (Å²) in [5.41, 5.74) is 1.43. The maximum Gasteiger partial charge on any atom is 0.303 e. The van der Waals surface area contributed by atoms with Gasteiger partial charge in [0, 0.05) is 24.0 Å². The van der Waals surface area contributed by atoms with E-state index in [1.165, 1.54) is 11.7 Å². The summed E-state index contributed by atoms with van der Waals surface area (Å²) in [5.74, 6) is 3.67. The number of nitrogens with one attached hydrogen (secondary N) is 2. The molecule has 0 radical (unpaired) electrons. The van der Waals surface area contributed by atoms with Crippen molar-refractivity contribution in [1.29, 1.82) is 5.41 Å². The highest BCUT2D eigenvalue weighted by molar-refractivity contribution is 6.43. The van der Waals surface area contributed by atoms with E-state index >= 15 is 0 Å². The zero-order chi connectivity index (χ0) is 24.3. The largest absolute Gasteiger partial charge is 0.389 e. The average molecular weight is 457 g/mol. The van der Waals surface area contributed by atoms with Gasteiger partial charge in [-0.15, -0.1) is 4.70 Å². The zero-order valence-corrected chi connectivity index (χ0v) is 19.2. The number of nitrogens with zero attached hydrogens (tertiary/aromatic N) is 4. The van der Waals surface area contributed by atoms with Gasteiger partial charge in [-0.3, -0.25) is 4.79 Å². The molecule has 0 bridgehead atoms. The number of hydrogen-bond acceptors (Lipinski definition) is 8. The number of rotatable bonds is 11. The molecular formula is C22H30N7O4+. The lowest BCUT2D eigenvalue weighted by atomic mass is 10.1. The molecule has 176 valence electrons. The van der Waals surface area contributed by atoms with Crippen LogP contribution in [0, 0.1) is 5.41 Å². The Morgan fingerprint density at radius 1 is 1.15 bits per heavy atom. The molecule has 1 aromatic carbocycles. The highest BCUT2D eigenvalue weighted by Crippen LogP contribution is 2.16. The van der Waals surface area contributed by atoms with Crippen LogP contribution in [0.2, 0.25) is 0 Å². The number of ether oxygens (including phenoxy) is 2. The summed E-state index contributed by atoms with van der Waals surface area (Å²) in [4.78, 5) is 22.5. The predicted octanol–water partition coefficient (Wildman–Crippen LogP) is 2.68. The topological polar surface area (TPSA) is 147 Å². The molecule has 0 aliphatic carbocycles. The smallest absolute Gasteiger partial charge is 0.303 e. The third-order valence-electron chi connectivity index (χ3n) is 4.44. The third-order valence-corrected chi connectivity index (χ3v) is 4.44. The van der Waals surface area contributed by atoms with Gasteiger partial charge in [0.2, 0.25) is 5.79 Å². The number of amidine groups is 1. The highest BCUT2D eigenvalue weighted by Gasteiger charge is 2.35. The summed E-state index contributed by atoms with van der Waals surface area (Å²) in [6.07, 6.45) is 0. The average Bonchev–Trinajstić information content (AvgIpc) is 2.82. The van der Waals surface area contributed by atoms with E-state index < -0.39 is 11.7 Å². The predicted molar refractivity (Wildman–Crippen MR) is 123 cm³/mol. The number of hydrogen-bond donors (Lipinski definition) is 3. The van der Waals surface area contributed by atoms with E-state index in [2.05, 4.69) is 20.7 Å². The van der Waals surface area contributed by atoms with Crippen molar-refractivity contribution in [1.82, 2.24) is 4.98 Å². The quantitative estimate of drug-likeness (QED) is 0.0901. The number of anilines is 1. The molecule has 0 spiro atoms. The van der Waals surface area contributed by atoms with Crippen LogP contribution in [-0.2, 0) is 25.7 Å². The molecule has 4 N–H and O–H groups in total. The van der Waals surface area contributed by atoms with Gasteiger partial charge < -0.3 is 19.6 Å². The summed E-state index contributed by atoms with van der Waals surface area (Å²) in [5, 5.41) is 18.6. The van der Waals surface area contributed by atoms with Crippen molar-refractivity contribution in [3.8, 4) is 0 Å². The highest BCUT2D eigenvalue weighted by atomic mass is 16.7. The number of carbonyl (C=O) groups is 1. The molecule has 0 saturated carbocycles. The van der Waals surface area contributed by atoms with Crippen molar-refractivity contribution >= 4 is 23.3 Å². The molecule has 0 saturated heterocycles. The van der Waals surface area contributed by atoms with Gasteiger partial charge in [-0.05, 0) is 32.9 Å². The Balaban J connectivity index is 2.15. The molecule has 11 nitrogen and oxygen atoms in total. The Morgan fingerprint density at radius 3 is 2.42 bits per heavy atom. The zero-order valence-electron chi connectivity index (χ0n) is 19.2. The molecule has 0 fully saturated rings. The van der Waals surface area contributed by atoms with E-state index in [4.69, 9.17) is 25.6 Å². The number of oxime groups is 1. The Bertz CT molecular complexity index is 1000. The number of amides is 1. The fraction of sp³-hybridized carbons (Fsp3) is 0.364. The van der Waals surface area contributed by atoms with Crippen LogP contribution >= 0.6 is 0 Å². The standard InChI is InChI=1S/C22H29N7O4/c1-5-31-22(3,32-6-2)21(30)26-18-14-10-13-17(25-18)15-33-27-19(20(23)29(4)28-24)16-11-8-7-9-12-16/h7-14,23-24H,5-6,15H2,1-4H3,(H,25,26,30)/p+1/b23-20?,27-19-. The number of aromatic nitrogens is 1. The maximum absolute atomic E-state index is 12.7. The fourth-order valence-electron chi connectivity index (χ4n) is 2.79. The summed E-state index contributed by atoms with van der Waals surface area (Å²) in [6.45, 7) is 5.75. The van der Waals surface area contributed by atoms with Gasteiger partial charge in [0.15, 0.2) is 12.3 Å². The van der Waals surface area contributed by atoms with Crippen LogP contribution in [0.3, 0.4) is 0 Å². The van der Waals surface area contributed by atoms with Crippen molar-refractivity contribution in [2.45, 2.75) is 33.2 Å². The van der Waals surface area contributed by atoms with Gasteiger partial charge in [0.25, 0.3) is 5.91 Å². The maximum atomic E-state index is 12.7. The Kier molecular flexibility index (Phi) is 9.58. The van der Waals surface area contributed by atoms with Crippen LogP contribution in [0.25, 0.3) is 0 Å². The second-order valence-corrected chi connectivity index (χ2v) is 6.85. The van der Waals surface area contributed by atoms with Gasteiger partial charge in [-0.1, -0.05) is 41.6 Å².